The lowest BCUT2D eigenvalue weighted by Crippen LogP contribution is -2.48. The number of aromatic nitrogens is 1. The van der Waals surface area contributed by atoms with E-state index in [2.05, 4.69) is 16.4 Å². The third-order valence-electron chi connectivity index (χ3n) is 2.97. The highest BCUT2D eigenvalue weighted by atomic mass is 32.2. The van der Waals surface area contributed by atoms with E-state index in [1.807, 2.05) is 20.1 Å². The Labute approximate surface area is 112 Å². The summed E-state index contributed by atoms with van der Waals surface area (Å²) in [5.74, 6) is -0.231. The fourth-order valence-electron chi connectivity index (χ4n) is 1.33. The van der Waals surface area contributed by atoms with Crippen LogP contribution >= 0.6 is 11.8 Å². The molecule has 1 aromatic rings. The number of carbonyl (C=O) groups is 1. The molecule has 1 N–H and O–H groups in total. The zero-order chi connectivity index (χ0) is 13.8. The summed E-state index contributed by atoms with van der Waals surface area (Å²) in [6.07, 6.45) is 3.51. The zero-order valence-corrected chi connectivity index (χ0v) is 11.8. The Morgan fingerprint density at radius 2 is 2.28 bits per heavy atom. The molecule has 0 aliphatic heterocycles. The molecule has 0 saturated heterocycles. The van der Waals surface area contributed by atoms with Gasteiger partial charge in [0.05, 0.1) is 11.6 Å². The van der Waals surface area contributed by atoms with Crippen LogP contribution in [0.3, 0.4) is 0 Å². The normalized spacial score (nSPS) is 13.8. The molecule has 0 saturated carbocycles. The van der Waals surface area contributed by atoms with Gasteiger partial charge in [-0.15, -0.1) is 11.8 Å². The Hall–Kier alpha value is -1.54. The van der Waals surface area contributed by atoms with E-state index in [0.717, 1.165) is 0 Å². The SMILES string of the molecule is CSc1ncccc1C(=O)N[C@](C)(C#N)C(C)C. The van der Waals surface area contributed by atoms with Gasteiger partial charge in [0.2, 0.25) is 0 Å². The first kappa shape index (κ1) is 14.5. The Bertz CT molecular complexity index is 481. The monoisotopic (exact) mass is 263 g/mol. The quantitative estimate of drug-likeness (QED) is 0.847. The van der Waals surface area contributed by atoms with E-state index in [9.17, 15) is 10.1 Å². The summed E-state index contributed by atoms with van der Waals surface area (Å²) >= 11 is 1.41. The van der Waals surface area contributed by atoms with E-state index in [1.165, 1.54) is 11.8 Å². The molecule has 0 fully saturated rings. The molecule has 4 nitrogen and oxygen atoms in total. The maximum Gasteiger partial charge on any atom is 0.255 e. The summed E-state index contributed by atoms with van der Waals surface area (Å²) in [5.41, 5.74) is -0.366. The molecule has 0 bridgehead atoms. The second-order valence-corrected chi connectivity index (χ2v) is 5.28. The Morgan fingerprint density at radius 3 is 2.78 bits per heavy atom. The molecular formula is C13H17N3OS. The predicted molar refractivity (Wildman–Crippen MR) is 72.3 cm³/mol. The highest BCUT2D eigenvalue weighted by Gasteiger charge is 2.31. The van der Waals surface area contributed by atoms with Crippen LogP contribution in [0, 0.1) is 17.2 Å². The first-order valence-corrected chi connectivity index (χ1v) is 6.90. The second kappa shape index (κ2) is 5.87. The molecule has 18 heavy (non-hydrogen) atoms. The average Bonchev–Trinajstić information content (AvgIpc) is 2.38. The highest BCUT2D eigenvalue weighted by Crippen LogP contribution is 2.20. The summed E-state index contributed by atoms with van der Waals surface area (Å²) in [5, 5.41) is 12.6. The fourth-order valence-corrected chi connectivity index (χ4v) is 1.88. The third kappa shape index (κ3) is 3.02. The third-order valence-corrected chi connectivity index (χ3v) is 3.68. The number of rotatable bonds is 4. The van der Waals surface area contributed by atoms with Crippen molar-refractivity contribution in [2.45, 2.75) is 31.3 Å². The van der Waals surface area contributed by atoms with Gasteiger partial charge >= 0.3 is 0 Å². The predicted octanol–water partition coefficient (Wildman–Crippen LogP) is 2.47. The van der Waals surface area contributed by atoms with Gasteiger partial charge in [-0.2, -0.15) is 5.26 Å². The van der Waals surface area contributed by atoms with Gasteiger partial charge in [-0.1, -0.05) is 13.8 Å². The van der Waals surface area contributed by atoms with Gasteiger partial charge in [-0.25, -0.2) is 4.98 Å². The van der Waals surface area contributed by atoms with Crippen LogP contribution in [0.1, 0.15) is 31.1 Å². The molecule has 0 spiro atoms. The number of thioether (sulfide) groups is 1. The lowest BCUT2D eigenvalue weighted by Gasteiger charge is -2.27. The lowest BCUT2D eigenvalue weighted by atomic mass is 9.90. The van der Waals surface area contributed by atoms with Crippen LogP contribution < -0.4 is 5.32 Å². The molecule has 1 rings (SSSR count). The first-order valence-electron chi connectivity index (χ1n) is 5.67. The standard InChI is InChI=1S/C13H17N3OS/c1-9(2)13(3,8-14)16-11(17)10-6-5-7-15-12(10)18-4/h5-7,9H,1-4H3,(H,16,17)/t13-/m1/s1. The smallest absolute Gasteiger partial charge is 0.255 e. The molecule has 0 aliphatic rings. The number of amides is 1. The van der Waals surface area contributed by atoms with Crippen molar-refractivity contribution < 1.29 is 4.79 Å². The minimum absolute atomic E-state index is 0.0286. The van der Waals surface area contributed by atoms with Gasteiger partial charge < -0.3 is 5.32 Å². The summed E-state index contributed by atoms with van der Waals surface area (Å²) in [6.45, 7) is 5.54. The van der Waals surface area contributed by atoms with Crippen LogP contribution in [-0.4, -0.2) is 22.7 Å². The number of nitrogens with one attached hydrogen (secondary N) is 1. The van der Waals surface area contributed by atoms with Gasteiger partial charge in [0, 0.05) is 6.20 Å². The van der Waals surface area contributed by atoms with E-state index < -0.39 is 5.54 Å². The maximum atomic E-state index is 12.2. The van der Waals surface area contributed by atoms with E-state index in [4.69, 9.17) is 0 Å². The lowest BCUT2D eigenvalue weighted by molar-refractivity contribution is 0.0904. The minimum Gasteiger partial charge on any atom is -0.334 e. The number of carbonyl (C=O) groups excluding carboxylic acids is 1. The fraction of sp³-hybridized carbons (Fsp3) is 0.462. The van der Waals surface area contributed by atoms with Crippen molar-refractivity contribution in [1.29, 1.82) is 5.26 Å². The van der Waals surface area contributed by atoms with Crippen LogP contribution in [0.5, 0.6) is 0 Å². The van der Waals surface area contributed by atoms with Gasteiger partial charge in [-0.05, 0) is 31.2 Å². The molecule has 0 unspecified atom stereocenters. The Morgan fingerprint density at radius 1 is 1.61 bits per heavy atom. The molecule has 5 heteroatoms. The van der Waals surface area contributed by atoms with Crippen molar-refractivity contribution in [3.8, 4) is 6.07 Å². The van der Waals surface area contributed by atoms with E-state index in [1.54, 1.807) is 25.3 Å². The molecule has 0 radical (unpaired) electrons. The molecular weight excluding hydrogens is 246 g/mol. The summed E-state index contributed by atoms with van der Waals surface area (Å²) in [6, 6.07) is 5.59. The van der Waals surface area contributed by atoms with Gasteiger partial charge in [-0.3, -0.25) is 4.79 Å². The van der Waals surface area contributed by atoms with Gasteiger partial charge in [0.1, 0.15) is 10.6 Å². The van der Waals surface area contributed by atoms with Crippen molar-refractivity contribution in [2.75, 3.05) is 6.26 Å². The average molecular weight is 263 g/mol. The molecule has 1 atom stereocenters. The van der Waals surface area contributed by atoms with Crippen LogP contribution in [0.15, 0.2) is 23.4 Å². The van der Waals surface area contributed by atoms with Crippen molar-refractivity contribution >= 4 is 17.7 Å². The van der Waals surface area contributed by atoms with Crippen LogP contribution in [0.25, 0.3) is 0 Å². The first-order chi connectivity index (χ1) is 8.44. The second-order valence-electron chi connectivity index (χ2n) is 4.48. The highest BCUT2D eigenvalue weighted by molar-refractivity contribution is 7.98. The van der Waals surface area contributed by atoms with Gasteiger partial charge in [0.25, 0.3) is 5.91 Å². The van der Waals surface area contributed by atoms with Gasteiger partial charge in [0.15, 0.2) is 0 Å². The van der Waals surface area contributed by atoms with Crippen LogP contribution in [0.2, 0.25) is 0 Å². The van der Waals surface area contributed by atoms with E-state index in [-0.39, 0.29) is 11.8 Å². The molecule has 1 heterocycles. The number of nitrogens with zero attached hydrogens (tertiary/aromatic N) is 2. The Balaban J connectivity index is 2.99. The van der Waals surface area contributed by atoms with Crippen LogP contribution in [0.4, 0.5) is 0 Å². The van der Waals surface area contributed by atoms with Crippen molar-refractivity contribution in [2.24, 2.45) is 5.92 Å². The van der Waals surface area contributed by atoms with Crippen molar-refractivity contribution in [1.82, 2.24) is 10.3 Å². The topological polar surface area (TPSA) is 65.8 Å². The molecule has 0 aliphatic carbocycles. The van der Waals surface area contributed by atoms with Crippen molar-refractivity contribution in [3.05, 3.63) is 23.9 Å². The maximum absolute atomic E-state index is 12.2. The summed E-state index contributed by atoms with van der Waals surface area (Å²) in [4.78, 5) is 16.3. The minimum atomic E-state index is -0.872. The summed E-state index contributed by atoms with van der Waals surface area (Å²) in [7, 11) is 0. The Kier molecular flexibility index (Phi) is 4.74. The number of hydrogen-bond donors (Lipinski definition) is 1. The largest absolute Gasteiger partial charge is 0.334 e. The molecule has 96 valence electrons. The summed E-state index contributed by atoms with van der Waals surface area (Å²) < 4.78 is 0. The van der Waals surface area contributed by atoms with Crippen LogP contribution in [-0.2, 0) is 0 Å². The number of pyridine rings is 1. The van der Waals surface area contributed by atoms with E-state index >= 15 is 0 Å². The number of hydrogen-bond acceptors (Lipinski definition) is 4. The molecule has 1 amide bonds. The molecule has 0 aromatic carbocycles. The van der Waals surface area contributed by atoms with Crippen molar-refractivity contribution in [3.63, 3.8) is 0 Å². The molecule has 1 aromatic heterocycles. The number of nitriles is 1. The van der Waals surface area contributed by atoms with E-state index in [0.29, 0.717) is 10.6 Å². The zero-order valence-electron chi connectivity index (χ0n) is 11.0.